The minimum absolute atomic E-state index is 0.890. The quantitative estimate of drug-likeness (QED) is 0.666. The minimum atomic E-state index is 0.890. The fourth-order valence-corrected chi connectivity index (χ4v) is 2.16. The van der Waals surface area contributed by atoms with Gasteiger partial charge < -0.3 is 5.73 Å². The van der Waals surface area contributed by atoms with Crippen LogP contribution in [-0.2, 0) is 0 Å². The van der Waals surface area contributed by atoms with E-state index in [1.54, 1.807) is 0 Å². The zero-order chi connectivity index (χ0) is 8.10. The summed E-state index contributed by atoms with van der Waals surface area (Å²) in [7, 11) is 0. The summed E-state index contributed by atoms with van der Waals surface area (Å²) in [6.45, 7) is 3.20. The fraction of sp³-hybridized carbons (Fsp3) is 1.00. The Hall–Kier alpha value is -0.0400. The molecule has 1 fully saturated rings. The average molecular weight is 155 g/mol. The third kappa shape index (κ3) is 2.82. The van der Waals surface area contributed by atoms with Crippen LogP contribution in [0.15, 0.2) is 0 Å². The van der Waals surface area contributed by atoms with Crippen LogP contribution in [0, 0.1) is 11.8 Å². The highest BCUT2D eigenvalue weighted by atomic mass is 14.5. The van der Waals surface area contributed by atoms with E-state index >= 15 is 0 Å². The maximum absolute atomic E-state index is 5.53. The number of hydrogen-bond acceptors (Lipinski definition) is 1. The number of nitrogens with two attached hydrogens (primary N) is 1. The molecule has 2 N–H and O–H groups in total. The zero-order valence-corrected chi connectivity index (χ0v) is 7.68. The molecule has 1 aliphatic rings. The van der Waals surface area contributed by atoms with Gasteiger partial charge in [-0.2, -0.15) is 0 Å². The second-order valence-electron chi connectivity index (χ2n) is 3.87. The van der Waals surface area contributed by atoms with Gasteiger partial charge in [0.2, 0.25) is 0 Å². The maximum Gasteiger partial charge on any atom is -0.00746 e. The first-order valence-corrected chi connectivity index (χ1v) is 5.06. The summed E-state index contributed by atoms with van der Waals surface area (Å²) in [6, 6.07) is 0. The first-order valence-electron chi connectivity index (χ1n) is 5.06. The summed E-state index contributed by atoms with van der Waals surface area (Å²) in [6.07, 6.45) is 8.44. The molecule has 0 aliphatic heterocycles. The van der Waals surface area contributed by atoms with Crippen LogP contribution in [0.2, 0.25) is 0 Å². The molecule has 0 aromatic rings. The Morgan fingerprint density at radius 2 is 1.64 bits per heavy atom. The van der Waals surface area contributed by atoms with Gasteiger partial charge in [0, 0.05) is 0 Å². The molecule has 1 rings (SSSR count). The summed E-state index contributed by atoms with van der Waals surface area (Å²) in [5.74, 6) is 1.99. The molecule has 66 valence electrons. The Bertz CT molecular complexity index is 93.0. The van der Waals surface area contributed by atoms with Crippen molar-refractivity contribution in [1.82, 2.24) is 0 Å². The second-order valence-corrected chi connectivity index (χ2v) is 3.87. The maximum atomic E-state index is 5.53. The molecule has 0 bridgehead atoms. The Morgan fingerprint density at radius 3 is 2.09 bits per heavy atom. The van der Waals surface area contributed by atoms with Gasteiger partial charge in [0.25, 0.3) is 0 Å². The molecular weight excluding hydrogens is 134 g/mol. The van der Waals surface area contributed by atoms with Gasteiger partial charge in [-0.15, -0.1) is 0 Å². The molecule has 1 nitrogen and oxygen atoms in total. The van der Waals surface area contributed by atoms with Gasteiger partial charge in [-0.3, -0.25) is 0 Å². The Morgan fingerprint density at radius 1 is 1.09 bits per heavy atom. The lowest BCUT2D eigenvalue weighted by Gasteiger charge is -2.27. The molecule has 0 unspecified atom stereocenters. The average Bonchev–Trinajstić information content (AvgIpc) is 2.07. The van der Waals surface area contributed by atoms with Gasteiger partial charge in [-0.05, 0) is 24.8 Å². The normalized spacial score (nSPS) is 32.2. The van der Waals surface area contributed by atoms with E-state index in [0.717, 1.165) is 18.4 Å². The fourth-order valence-electron chi connectivity index (χ4n) is 2.16. The van der Waals surface area contributed by atoms with Crippen LogP contribution in [-0.4, -0.2) is 6.54 Å². The third-order valence-electron chi connectivity index (χ3n) is 3.12. The molecule has 0 radical (unpaired) electrons. The van der Waals surface area contributed by atoms with E-state index in [1.165, 1.54) is 38.5 Å². The molecular formula is C10H21N. The predicted octanol–water partition coefficient (Wildman–Crippen LogP) is 2.55. The van der Waals surface area contributed by atoms with Gasteiger partial charge in [0.15, 0.2) is 0 Å². The van der Waals surface area contributed by atoms with Crippen molar-refractivity contribution in [1.29, 1.82) is 0 Å². The van der Waals surface area contributed by atoms with Gasteiger partial charge >= 0.3 is 0 Å². The lowest BCUT2D eigenvalue weighted by molar-refractivity contribution is 0.261. The van der Waals surface area contributed by atoms with Crippen molar-refractivity contribution >= 4 is 0 Å². The van der Waals surface area contributed by atoms with Crippen molar-refractivity contribution in [3.05, 3.63) is 0 Å². The summed E-state index contributed by atoms with van der Waals surface area (Å²) in [5.41, 5.74) is 5.53. The standard InChI is InChI=1S/C10H21N/c1-2-9-3-5-10(6-4-9)7-8-11/h9-10H,2-8,11H2,1H3/t9-,10-. The van der Waals surface area contributed by atoms with E-state index in [2.05, 4.69) is 6.92 Å². The molecule has 0 heterocycles. The number of rotatable bonds is 3. The summed E-state index contributed by atoms with van der Waals surface area (Å²) in [5, 5.41) is 0. The van der Waals surface area contributed by atoms with Crippen molar-refractivity contribution in [2.75, 3.05) is 6.54 Å². The summed E-state index contributed by atoms with van der Waals surface area (Å²) < 4.78 is 0. The lowest BCUT2D eigenvalue weighted by Crippen LogP contribution is -2.16. The molecule has 0 aromatic carbocycles. The van der Waals surface area contributed by atoms with E-state index < -0.39 is 0 Å². The molecule has 0 spiro atoms. The smallest absolute Gasteiger partial charge is 0.00746 e. The van der Waals surface area contributed by atoms with Gasteiger partial charge in [-0.25, -0.2) is 0 Å². The van der Waals surface area contributed by atoms with Crippen molar-refractivity contribution < 1.29 is 0 Å². The molecule has 1 aliphatic carbocycles. The molecule has 0 saturated heterocycles. The highest BCUT2D eigenvalue weighted by Gasteiger charge is 2.18. The highest BCUT2D eigenvalue weighted by Crippen LogP contribution is 2.31. The zero-order valence-electron chi connectivity index (χ0n) is 7.68. The molecule has 0 amide bonds. The van der Waals surface area contributed by atoms with Gasteiger partial charge in [0.05, 0.1) is 0 Å². The first-order chi connectivity index (χ1) is 5.36. The molecule has 0 atom stereocenters. The van der Waals surface area contributed by atoms with E-state index in [-0.39, 0.29) is 0 Å². The van der Waals surface area contributed by atoms with Crippen LogP contribution >= 0.6 is 0 Å². The Kier molecular flexibility index (Phi) is 3.92. The van der Waals surface area contributed by atoms with Crippen molar-refractivity contribution in [3.63, 3.8) is 0 Å². The van der Waals surface area contributed by atoms with Crippen LogP contribution in [0.3, 0.4) is 0 Å². The monoisotopic (exact) mass is 155 g/mol. The van der Waals surface area contributed by atoms with E-state index in [1.807, 2.05) is 0 Å². The minimum Gasteiger partial charge on any atom is -0.330 e. The van der Waals surface area contributed by atoms with Crippen molar-refractivity contribution in [3.8, 4) is 0 Å². The van der Waals surface area contributed by atoms with Crippen LogP contribution in [0.5, 0.6) is 0 Å². The second kappa shape index (κ2) is 4.76. The van der Waals surface area contributed by atoms with Crippen LogP contribution in [0.4, 0.5) is 0 Å². The molecule has 1 heteroatoms. The van der Waals surface area contributed by atoms with Gasteiger partial charge in [0.1, 0.15) is 0 Å². The largest absolute Gasteiger partial charge is 0.330 e. The summed E-state index contributed by atoms with van der Waals surface area (Å²) >= 11 is 0. The molecule has 11 heavy (non-hydrogen) atoms. The van der Waals surface area contributed by atoms with E-state index in [4.69, 9.17) is 5.73 Å². The third-order valence-corrected chi connectivity index (χ3v) is 3.12. The van der Waals surface area contributed by atoms with E-state index in [9.17, 15) is 0 Å². The summed E-state index contributed by atoms with van der Waals surface area (Å²) in [4.78, 5) is 0. The first kappa shape index (κ1) is 9.05. The number of hydrogen-bond donors (Lipinski definition) is 1. The van der Waals surface area contributed by atoms with Crippen LogP contribution < -0.4 is 5.73 Å². The van der Waals surface area contributed by atoms with Crippen molar-refractivity contribution in [2.45, 2.75) is 45.4 Å². The van der Waals surface area contributed by atoms with Gasteiger partial charge in [-0.1, -0.05) is 39.0 Å². The predicted molar refractivity (Wildman–Crippen MR) is 49.4 cm³/mol. The molecule has 1 saturated carbocycles. The van der Waals surface area contributed by atoms with E-state index in [0.29, 0.717) is 0 Å². The SMILES string of the molecule is CC[C@H]1CC[C@H](CCN)CC1. The van der Waals surface area contributed by atoms with Crippen LogP contribution in [0.1, 0.15) is 45.4 Å². The Labute approximate surface area is 70.4 Å². The topological polar surface area (TPSA) is 26.0 Å². The van der Waals surface area contributed by atoms with Crippen LogP contribution in [0.25, 0.3) is 0 Å². The van der Waals surface area contributed by atoms with Crippen molar-refractivity contribution in [2.24, 2.45) is 17.6 Å². The molecule has 0 aromatic heterocycles. The Balaban J connectivity index is 2.14. The highest BCUT2D eigenvalue weighted by molar-refractivity contribution is 4.71. The lowest BCUT2D eigenvalue weighted by atomic mass is 9.79.